The van der Waals surface area contributed by atoms with Crippen LogP contribution in [0, 0.1) is 11.8 Å². The van der Waals surface area contributed by atoms with Crippen molar-refractivity contribution in [3.63, 3.8) is 0 Å². The third-order valence-electron chi connectivity index (χ3n) is 2.66. The van der Waals surface area contributed by atoms with E-state index < -0.39 is 0 Å². The molecule has 0 aromatic rings. The summed E-state index contributed by atoms with van der Waals surface area (Å²) in [5.41, 5.74) is 0. The summed E-state index contributed by atoms with van der Waals surface area (Å²) < 4.78 is 10.8. The van der Waals surface area contributed by atoms with Crippen LogP contribution in [0.2, 0.25) is 0 Å². The van der Waals surface area contributed by atoms with Crippen LogP contribution in [-0.4, -0.2) is 17.4 Å². The van der Waals surface area contributed by atoms with Crippen LogP contribution < -0.4 is 0 Å². The lowest BCUT2D eigenvalue weighted by Gasteiger charge is -2.32. The Bertz CT molecular complexity index is 255. The van der Waals surface area contributed by atoms with E-state index in [2.05, 4.69) is 24.3 Å². The van der Waals surface area contributed by atoms with Crippen molar-refractivity contribution in [2.45, 2.75) is 12.2 Å². The van der Waals surface area contributed by atoms with Gasteiger partial charge >= 0.3 is 5.24 Å². The molecule has 3 aliphatic carbocycles. The summed E-state index contributed by atoms with van der Waals surface area (Å²) in [4.78, 5) is 0. The standard InChI is InChI=1S/C9H8O2S/c12-9-10-7-5-1-2-6(4-3-5)8(7)11-9/h1-8H/t5?,6?,7-,8+. The number of ether oxygens (including phenoxy) is 2. The Morgan fingerprint density at radius 2 is 1.33 bits per heavy atom. The molecule has 1 aliphatic heterocycles. The highest BCUT2D eigenvalue weighted by atomic mass is 32.1. The van der Waals surface area contributed by atoms with Crippen molar-refractivity contribution in [3.05, 3.63) is 24.3 Å². The second-order valence-electron chi connectivity index (χ2n) is 3.34. The first-order chi connectivity index (χ1) is 5.84. The lowest BCUT2D eigenvalue weighted by molar-refractivity contribution is 0.0964. The SMILES string of the molecule is S=C1O[C@@H]2C3C=CC(C=C3)[C@@H]2O1. The molecule has 0 spiro atoms. The Kier molecular flexibility index (Phi) is 1.17. The van der Waals surface area contributed by atoms with Gasteiger partial charge in [-0.2, -0.15) is 0 Å². The van der Waals surface area contributed by atoms with Crippen molar-refractivity contribution in [1.29, 1.82) is 0 Å². The zero-order valence-electron chi connectivity index (χ0n) is 6.34. The van der Waals surface area contributed by atoms with Gasteiger partial charge in [0.25, 0.3) is 0 Å². The van der Waals surface area contributed by atoms with Crippen LogP contribution in [-0.2, 0) is 9.47 Å². The van der Waals surface area contributed by atoms with Crippen molar-refractivity contribution in [1.82, 2.24) is 0 Å². The van der Waals surface area contributed by atoms with Crippen molar-refractivity contribution < 1.29 is 9.47 Å². The number of hydrogen-bond donors (Lipinski definition) is 0. The molecule has 0 radical (unpaired) electrons. The van der Waals surface area contributed by atoms with Crippen LogP contribution in [0.25, 0.3) is 0 Å². The average molecular weight is 180 g/mol. The molecule has 12 heavy (non-hydrogen) atoms. The highest BCUT2D eigenvalue weighted by Crippen LogP contribution is 2.38. The normalized spacial score (nSPS) is 47.2. The van der Waals surface area contributed by atoms with Gasteiger partial charge in [0.05, 0.1) is 0 Å². The summed E-state index contributed by atoms with van der Waals surface area (Å²) in [6.07, 6.45) is 8.95. The predicted octanol–water partition coefficient (Wildman–Crippen LogP) is 1.43. The van der Waals surface area contributed by atoms with Gasteiger partial charge in [-0.25, -0.2) is 0 Å². The summed E-state index contributed by atoms with van der Waals surface area (Å²) in [5, 5.41) is 0.312. The molecular weight excluding hydrogens is 172 g/mol. The molecule has 0 unspecified atom stereocenters. The molecule has 3 heteroatoms. The van der Waals surface area contributed by atoms with E-state index in [1.54, 1.807) is 0 Å². The molecule has 1 fully saturated rings. The van der Waals surface area contributed by atoms with E-state index in [0.717, 1.165) is 0 Å². The van der Waals surface area contributed by atoms with Gasteiger partial charge in [-0.15, -0.1) is 0 Å². The van der Waals surface area contributed by atoms with E-state index in [1.165, 1.54) is 0 Å². The van der Waals surface area contributed by atoms with E-state index in [-0.39, 0.29) is 12.2 Å². The van der Waals surface area contributed by atoms with Crippen LogP contribution in [0.4, 0.5) is 0 Å². The smallest absolute Gasteiger partial charge is 0.353 e. The van der Waals surface area contributed by atoms with E-state index >= 15 is 0 Å². The molecule has 2 atom stereocenters. The molecule has 0 aromatic carbocycles. The summed E-state index contributed by atoms with van der Waals surface area (Å²) in [7, 11) is 0. The molecule has 62 valence electrons. The topological polar surface area (TPSA) is 18.5 Å². The predicted molar refractivity (Wildman–Crippen MR) is 47.6 cm³/mol. The Morgan fingerprint density at radius 3 is 1.75 bits per heavy atom. The molecular formula is C9H8O2S. The molecule has 0 amide bonds. The maximum Gasteiger partial charge on any atom is 0.353 e. The minimum absolute atomic E-state index is 0.137. The minimum atomic E-state index is 0.137. The zero-order valence-corrected chi connectivity index (χ0v) is 7.16. The molecule has 0 N–H and O–H groups in total. The van der Waals surface area contributed by atoms with Gasteiger partial charge < -0.3 is 9.47 Å². The van der Waals surface area contributed by atoms with Crippen molar-refractivity contribution in [3.8, 4) is 0 Å². The third-order valence-corrected chi connectivity index (χ3v) is 2.85. The summed E-state index contributed by atoms with van der Waals surface area (Å²) >= 11 is 4.87. The maximum absolute atomic E-state index is 5.41. The Hall–Kier alpha value is -0.830. The van der Waals surface area contributed by atoms with Gasteiger partial charge in [0, 0.05) is 24.1 Å². The monoisotopic (exact) mass is 180 g/mol. The van der Waals surface area contributed by atoms with E-state index in [4.69, 9.17) is 21.7 Å². The largest absolute Gasteiger partial charge is 0.449 e. The fourth-order valence-corrected chi connectivity index (χ4v) is 2.28. The number of rotatable bonds is 0. The first-order valence-corrected chi connectivity index (χ1v) is 4.49. The molecule has 4 aliphatic rings. The summed E-state index contributed by atoms with van der Waals surface area (Å²) in [6, 6.07) is 0. The van der Waals surface area contributed by atoms with Crippen molar-refractivity contribution in [2.24, 2.45) is 11.8 Å². The van der Waals surface area contributed by atoms with Gasteiger partial charge in [0.2, 0.25) is 0 Å². The minimum Gasteiger partial charge on any atom is -0.449 e. The highest BCUT2D eigenvalue weighted by molar-refractivity contribution is 7.79. The Balaban J connectivity index is 2.01. The average Bonchev–Trinajstić information content (AvgIpc) is 2.49. The fourth-order valence-electron chi connectivity index (χ4n) is 2.06. The van der Waals surface area contributed by atoms with Gasteiger partial charge in [0.15, 0.2) is 12.2 Å². The van der Waals surface area contributed by atoms with Crippen molar-refractivity contribution in [2.75, 3.05) is 0 Å². The van der Waals surface area contributed by atoms with E-state index in [1.807, 2.05) is 0 Å². The lowest BCUT2D eigenvalue weighted by Crippen LogP contribution is -2.40. The second kappa shape index (κ2) is 2.10. The van der Waals surface area contributed by atoms with Crippen molar-refractivity contribution >= 4 is 17.5 Å². The zero-order chi connectivity index (χ0) is 8.13. The summed E-state index contributed by atoms with van der Waals surface area (Å²) in [5.74, 6) is 0.723. The molecule has 1 heterocycles. The third kappa shape index (κ3) is 0.719. The van der Waals surface area contributed by atoms with Crippen LogP contribution in [0.5, 0.6) is 0 Å². The van der Waals surface area contributed by atoms with Crippen LogP contribution in [0.1, 0.15) is 0 Å². The van der Waals surface area contributed by atoms with Crippen LogP contribution in [0.15, 0.2) is 24.3 Å². The Labute approximate surface area is 75.8 Å². The lowest BCUT2D eigenvalue weighted by atomic mass is 9.78. The fraction of sp³-hybridized carbons (Fsp3) is 0.444. The Morgan fingerprint density at radius 1 is 0.917 bits per heavy atom. The van der Waals surface area contributed by atoms with Crippen LogP contribution in [0.3, 0.4) is 0 Å². The van der Waals surface area contributed by atoms with Gasteiger partial charge in [-0.05, 0) is 0 Å². The highest BCUT2D eigenvalue weighted by Gasteiger charge is 2.46. The quantitative estimate of drug-likeness (QED) is 0.415. The molecule has 4 rings (SSSR count). The molecule has 0 saturated carbocycles. The first kappa shape index (κ1) is 6.66. The molecule has 2 nitrogen and oxygen atoms in total. The van der Waals surface area contributed by atoms with Gasteiger partial charge in [-0.3, -0.25) is 0 Å². The van der Waals surface area contributed by atoms with Gasteiger partial charge in [-0.1, -0.05) is 24.3 Å². The molecule has 1 saturated heterocycles. The molecule has 2 bridgehead atoms. The number of thiocarbonyl (C=S) groups is 1. The maximum atomic E-state index is 5.41. The summed E-state index contributed by atoms with van der Waals surface area (Å²) in [6.45, 7) is 0. The van der Waals surface area contributed by atoms with Gasteiger partial charge in [0.1, 0.15) is 0 Å². The molecule has 0 aromatic heterocycles. The first-order valence-electron chi connectivity index (χ1n) is 4.08. The van der Waals surface area contributed by atoms with E-state index in [0.29, 0.717) is 17.1 Å². The number of hydrogen-bond acceptors (Lipinski definition) is 3. The van der Waals surface area contributed by atoms with Crippen LogP contribution >= 0.6 is 12.2 Å². The second-order valence-corrected chi connectivity index (χ2v) is 3.67. The van der Waals surface area contributed by atoms with E-state index in [9.17, 15) is 0 Å².